The van der Waals surface area contributed by atoms with Gasteiger partial charge in [-0.1, -0.05) is 22.4 Å². The molecule has 3 nitrogen and oxygen atoms in total. The molecule has 80 valence electrons. The van der Waals surface area contributed by atoms with Crippen LogP contribution in [0.5, 0.6) is 0 Å². The number of amides is 1. The predicted molar refractivity (Wildman–Crippen MR) is 64.5 cm³/mol. The average molecular weight is 269 g/mol. The Labute approximate surface area is 97.2 Å². The van der Waals surface area contributed by atoms with Crippen LogP contribution in [0.1, 0.15) is 19.3 Å². The van der Waals surface area contributed by atoms with Crippen LogP contribution < -0.4 is 11.1 Å². The number of anilines is 2. The van der Waals surface area contributed by atoms with Crippen molar-refractivity contribution < 1.29 is 4.79 Å². The summed E-state index contributed by atoms with van der Waals surface area (Å²) in [5.41, 5.74) is 7.08. The van der Waals surface area contributed by atoms with Gasteiger partial charge in [-0.25, -0.2) is 0 Å². The highest BCUT2D eigenvalue weighted by Crippen LogP contribution is 2.29. The van der Waals surface area contributed by atoms with E-state index in [1.165, 1.54) is 0 Å². The summed E-state index contributed by atoms with van der Waals surface area (Å²) >= 11 is 3.32. The van der Waals surface area contributed by atoms with Crippen molar-refractivity contribution in [3.05, 3.63) is 22.7 Å². The lowest BCUT2D eigenvalue weighted by atomic mass is 9.85. The van der Waals surface area contributed by atoms with Crippen LogP contribution in [0.2, 0.25) is 0 Å². The Morgan fingerprint density at radius 3 is 2.73 bits per heavy atom. The molecule has 0 saturated heterocycles. The highest BCUT2D eigenvalue weighted by atomic mass is 79.9. The summed E-state index contributed by atoms with van der Waals surface area (Å²) in [5.74, 6) is 0.281. The molecular weight excluding hydrogens is 256 g/mol. The van der Waals surface area contributed by atoms with Crippen molar-refractivity contribution >= 4 is 33.2 Å². The fraction of sp³-hybridized carbons (Fsp3) is 0.364. The van der Waals surface area contributed by atoms with Crippen molar-refractivity contribution in [2.45, 2.75) is 19.3 Å². The molecule has 2 rings (SSSR count). The summed E-state index contributed by atoms with van der Waals surface area (Å²) in [6.45, 7) is 0. The van der Waals surface area contributed by atoms with Gasteiger partial charge in [0.25, 0.3) is 0 Å². The van der Waals surface area contributed by atoms with Gasteiger partial charge in [0.15, 0.2) is 0 Å². The molecule has 0 unspecified atom stereocenters. The van der Waals surface area contributed by atoms with Gasteiger partial charge < -0.3 is 11.1 Å². The van der Waals surface area contributed by atoms with E-state index in [-0.39, 0.29) is 11.8 Å². The van der Waals surface area contributed by atoms with Crippen LogP contribution >= 0.6 is 15.9 Å². The van der Waals surface area contributed by atoms with Crippen LogP contribution in [-0.4, -0.2) is 5.91 Å². The molecule has 1 aliphatic rings. The summed E-state index contributed by atoms with van der Waals surface area (Å²) in [4.78, 5) is 11.7. The molecule has 3 N–H and O–H groups in total. The maximum atomic E-state index is 11.7. The number of benzene rings is 1. The SMILES string of the molecule is Nc1cc(Br)ccc1NC(=O)C1CCC1. The first kappa shape index (κ1) is 10.5. The number of carbonyl (C=O) groups excluding carboxylic acids is 1. The van der Waals surface area contributed by atoms with Crippen molar-refractivity contribution in [1.29, 1.82) is 0 Å². The molecule has 1 fully saturated rings. The summed E-state index contributed by atoms with van der Waals surface area (Å²) < 4.78 is 0.918. The fourth-order valence-corrected chi connectivity index (χ4v) is 1.93. The van der Waals surface area contributed by atoms with Crippen LogP contribution in [-0.2, 0) is 4.79 Å². The van der Waals surface area contributed by atoms with Crippen molar-refractivity contribution in [2.24, 2.45) is 5.92 Å². The minimum absolute atomic E-state index is 0.0928. The average Bonchev–Trinajstić information content (AvgIpc) is 2.07. The molecule has 15 heavy (non-hydrogen) atoms. The first-order valence-corrected chi connectivity index (χ1v) is 5.82. The Bertz CT molecular complexity index is 388. The Hall–Kier alpha value is -1.03. The molecule has 1 aromatic carbocycles. The molecule has 1 aliphatic carbocycles. The van der Waals surface area contributed by atoms with Gasteiger partial charge in [0.2, 0.25) is 5.91 Å². The topological polar surface area (TPSA) is 55.1 Å². The van der Waals surface area contributed by atoms with Gasteiger partial charge in [0.05, 0.1) is 11.4 Å². The fourth-order valence-electron chi connectivity index (χ4n) is 1.55. The van der Waals surface area contributed by atoms with E-state index >= 15 is 0 Å². The standard InChI is InChI=1S/C11H13BrN2O/c12-8-4-5-10(9(13)6-8)14-11(15)7-2-1-3-7/h4-7H,1-3,13H2,(H,14,15). The smallest absolute Gasteiger partial charge is 0.227 e. The molecule has 0 aromatic heterocycles. The number of carbonyl (C=O) groups is 1. The number of nitrogen functional groups attached to an aromatic ring is 1. The molecule has 0 heterocycles. The van der Waals surface area contributed by atoms with E-state index in [1.54, 1.807) is 6.07 Å². The maximum Gasteiger partial charge on any atom is 0.227 e. The maximum absolute atomic E-state index is 11.7. The van der Waals surface area contributed by atoms with Gasteiger partial charge in [-0.05, 0) is 31.0 Å². The van der Waals surface area contributed by atoms with Crippen LogP contribution in [0.4, 0.5) is 11.4 Å². The van der Waals surface area contributed by atoms with Crippen LogP contribution in [0.3, 0.4) is 0 Å². The van der Waals surface area contributed by atoms with Crippen molar-refractivity contribution in [3.63, 3.8) is 0 Å². The third-order valence-corrected chi connectivity index (χ3v) is 3.24. The summed E-state index contributed by atoms with van der Waals surface area (Å²) in [6, 6.07) is 5.47. The van der Waals surface area contributed by atoms with E-state index in [1.807, 2.05) is 12.1 Å². The largest absolute Gasteiger partial charge is 0.397 e. The highest BCUT2D eigenvalue weighted by Gasteiger charge is 2.25. The summed E-state index contributed by atoms with van der Waals surface area (Å²) in [5, 5.41) is 2.85. The van der Waals surface area contributed by atoms with E-state index in [2.05, 4.69) is 21.2 Å². The quantitative estimate of drug-likeness (QED) is 0.811. The van der Waals surface area contributed by atoms with Gasteiger partial charge >= 0.3 is 0 Å². The number of rotatable bonds is 2. The minimum atomic E-state index is 0.0928. The van der Waals surface area contributed by atoms with E-state index in [4.69, 9.17) is 5.73 Å². The highest BCUT2D eigenvalue weighted by molar-refractivity contribution is 9.10. The number of nitrogens with one attached hydrogen (secondary N) is 1. The second kappa shape index (κ2) is 4.23. The molecule has 0 aliphatic heterocycles. The van der Waals surface area contributed by atoms with Gasteiger partial charge in [0.1, 0.15) is 0 Å². The van der Waals surface area contributed by atoms with Crippen molar-refractivity contribution in [1.82, 2.24) is 0 Å². The number of hydrogen-bond acceptors (Lipinski definition) is 2. The van der Waals surface area contributed by atoms with E-state index in [9.17, 15) is 4.79 Å². The second-order valence-corrected chi connectivity index (χ2v) is 4.76. The lowest BCUT2D eigenvalue weighted by Gasteiger charge is -2.24. The normalized spacial score (nSPS) is 15.8. The molecule has 1 amide bonds. The number of nitrogens with two attached hydrogens (primary N) is 1. The van der Waals surface area contributed by atoms with Gasteiger partial charge in [-0.3, -0.25) is 4.79 Å². The molecule has 0 bridgehead atoms. The van der Waals surface area contributed by atoms with E-state index in [0.29, 0.717) is 11.4 Å². The van der Waals surface area contributed by atoms with Crippen LogP contribution in [0.25, 0.3) is 0 Å². The van der Waals surface area contributed by atoms with E-state index in [0.717, 1.165) is 23.7 Å². The van der Waals surface area contributed by atoms with Gasteiger partial charge in [-0.2, -0.15) is 0 Å². The third kappa shape index (κ3) is 2.31. The van der Waals surface area contributed by atoms with Crippen LogP contribution in [0.15, 0.2) is 22.7 Å². The molecule has 1 saturated carbocycles. The molecule has 0 spiro atoms. The molecule has 0 radical (unpaired) electrons. The first-order chi connectivity index (χ1) is 7.16. The molecule has 0 atom stereocenters. The number of hydrogen-bond donors (Lipinski definition) is 2. The van der Waals surface area contributed by atoms with Crippen molar-refractivity contribution in [2.75, 3.05) is 11.1 Å². The third-order valence-electron chi connectivity index (χ3n) is 2.75. The molecule has 1 aromatic rings. The number of halogens is 1. The van der Waals surface area contributed by atoms with Gasteiger partial charge in [0, 0.05) is 10.4 Å². The predicted octanol–water partition coefficient (Wildman–Crippen LogP) is 2.77. The molecular formula is C11H13BrN2O. The van der Waals surface area contributed by atoms with E-state index < -0.39 is 0 Å². The van der Waals surface area contributed by atoms with Crippen molar-refractivity contribution in [3.8, 4) is 0 Å². The summed E-state index contributed by atoms with van der Waals surface area (Å²) in [6.07, 6.45) is 3.17. The monoisotopic (exact) mass is 268 g/mol. The zero-order chi connectivity index (χ0) is 10.8. The Balaban J connectivity index is 2.06. The lowest BCUT2D eigenvalue weighted by Crippen LogP contribution is -2.28. The zero-order valence-corrected chi connectivity index (χ0v) is 9.88. The Morgan fingerprint density at radius 2 is 2.20 bits per heavy atom. The first-order valence-electron chi connectivity index (χ1n) is 5.02. The van der Waals surface area contributed by atoms with Crippen LogP contribution in [0, 0.1) is 5.92 Å². The zero-order valence-electron chi connectivity index (χ0n) is 8.29. The Kier molecular flexibility index (Phi) is 2.95. The summed E-state index contributed by atoms with van der Waals surface area (Å²) in [7, 11) is 0. The van der Waals surface area contributed by atoms with Gasteiger partial charge in [-0.15, -0.1) is 0 Å². The second-order valence-electron chi connectivity index (χ2n) is 3.85. The lowest BCUT2D eigenvalue weighted by molar-refractivity contribution is -0.122. The molecule has 4 heteroatoms. The Morgan fingerprint density at radius 1 is 1.47 bits per heavy atom. The minimum Gasteiger partial charge on any atom is -0.397 e.